The Hall–Kier alpha value is -3.46. The van der Waals surface area contributed by atoms with E-state index in [0.717, 1.165) is 30.5 Å². The molecule has 36 heavy (non-hydrogen) atoms. The molecule has 9 nitrogen and oxygen atoms in total. The van der Waals surface area contributed by atoms with Gasteiger partial charge in [0.15, 0.2) is 0 Å². The lowest BCUT2D eigenvalue weighted by Crippen LogP contribution is -2.56. The van der Waals surface area contributed by atoms with Crippen LogP contribution in [0.25, 0.3) is 10.9 Å². The van der Waals surface area contributed by atoms with Crippen LogP contribution in [0.5, 0.6) is 0 Å². The van der Waals surface area contributed by atoms with Crippen LogP contribution in [0, 0.1) is 11.8 Å². The van der Waals surface area contributed by atoms with E-state index >= 15 is 0 Å². The molecule has 1 aromatic carbocycles. The average molecular weight is 494 g/mol. The maximum absolute atomic E-state index is 13.2. The molecule has 4 rings (SSSR count). The minimum atomic E-state index is -0.287. The van der Waals surface area contributed by atoms with Crippen molar-refractivity contribution in [3.05, 3.63) is 59.2 Å². The first-order valence-corrected chi connectivity index (χ1v) is 12.9. The molecular formula is C27H39N7O2. The Bertz CT molecular complexity index is 1150. The lowest BCUT2D eigenvalue weighted by atomic mass is 10.00. The van der Waals surface area contributed by atoms with Gasteiger partial charge in [0, 0.05) is 49.3 Å². The van der Waals surface area contributed by atoms with Gasteiger partial charge in [0.2, 0.25) is 0 Å². The summed E-state index contributed by atoms with van der Waals surface area (Å²) >= 11 is 0. The fourth-order valence-corrected chi connectivity index (χ4v) is 4.71. The lowest BCUT2D eigenvalue weighted by Gasteiger charge is -2.36. The molecule has 2 aliphatic heterocycles. The third-order valence-corrected chi connectivity index (χ3v) is 6.71. The predicted molar refractivity (Wildman–Crippen MR) is 143 cm³/mol. The van der Waals surface area contributed by atoms with Gasteiger partial charge in [0.1, 0.15) is 11.5 Å². The van der Waals surface area contributed by atoms with Gasteiger partial charge < -0.3 is 20.5 Å². The van der Waals surface area contributed by atoms with E-state index in [1.807, 2.05) is 35.4 Å². The number of benzene rings is 1. The number of hydrogen-bond acceptors (Lipinski definition) is 5. The molecule has 0 spiro atoms. The summed E-state index contributed by atoms with van der Waals surface area (Å²) in [5.74, 6) is 1.36. The van der Waals surface area contributed by atoms with E-state index in [4.69, 9.17) is 0 Å². The van der Waals surface area contributed by atoms with E-state index in [2.05, 4.69) is 65.5 Å². The Morgan fingerprint density at radius 3 is 2.72 bits per heavy atom. The smallest absolute Gasteiger partial charge is 0.320 e. The van der Waals surface area contributed by atoms with Gasteiger partial charge >= 0.3 is 6.03 Å². The standard InChI is InChI=1S/C27H39N7O2/c1-17(2)13-20-14-23(26(35)34-12-11-28-24(16-34)18(3)4)32-33-25(20)31-27(36)29-10-9-19-15-30-22-8-6-5-7-21(19)22/h5-8,14-15,17-18,24,28,30,32-33H,9-13,16H2,1-4H3,(H2,29,31,36)/t24-/m1/s1. The van der Waals surface area contributed by atoms with Crippen LogP contribution < -0.4 is 26.8 Å². The van der Waals surface area contributed by atoms with Crippen molar-refractivity contribution < 1.29 is 9.59 Å². The molecule has 1 saturated heterocycles. The molecule has 0 radical (unpaired) electrons. The van der Waals surface area contributed by atoms with E-state index in [0.29, 0.717) is 43.0 Å². The molecule has 0 unspecified atom stereocenters. The van der Waals surface area contributed by atoms with Crippen molar-refractivity contribution in [1.29, 1.82) is 0 Å². The van der Waals surface area contributed by atoms with E-state index < -0.39 is 0 Å². The first-order chi connectivity index (χ1) is 17.3. The number of urea groups is 1. The topological polar surface area (TPSA) is 113 Å². The SMILES string of the molecule is CC(C)CC1=C(NC(=O)NCCc2c[nH]c3ccccc23)NNC(C(=O)N2CCN[C@@H](C(C)C)C2)=C1. The molecule has 6 N–H and O–H groups in total. The third kappa shape index (κ3) is 6.20. The van der Waals surface area contributed by atoms with E-state index in [1.54, 1.807) is 0 Å². The van der Waals surface area contributed by atoms with Gasteiger partial charge in [-0.05, 0) is 48.0 Å². The highest BCUT2D eigenvalue weighted by atomic mass is 16.2. The number of carbonyl (C=O) groups is 2. The number of piperazine rings is 1. The van der Waals surface area contributed by atoms with Crippen molar-refractivity contribution in [3.63, 3.8) is 0 Å². The van der Waals surface area contributed by atoms with Crippen LogP contribution in [0.2, 0.25) is 0 Å². The number of H-pyrrole nitrogens is 1. The highest BCUT2D eigenvalue weighted by Gasteiger charge is 2.28. The molecule has 194 valence electrons. The predicted octanol–water partition coefficient (Wildman–Crippen LogP) is 2.72. The first-order valence-electron chi connectivity index (χ1n) is 12.9. The normalized spacial score (nSPS) is 18.2. The summed E-state index contributed by atoms with van der Waals surface area (Å²) in [7, 11) is 0. The van der Waals surface area contributed by atoms with Gasteiger partial charge in [-0.2, -0.15) is 0 Å². The van der Waals surface area contributed by atoms with Gasteiger partial charge in [-0.1, -0.05) is 45.9 Å². The molecule has 3 heterocycles. The zero-order chi connectivity index (χ0) is 25.7. The molecule has 0 bridgehead atoms. The van der Waals surface area contributed by atoms with Crippen LogP contribution in [0.4, 0.5) is 4.79 Å². The summed E-state index contributed by atoms with van der Waals surface area (Å²) in [6, 6.07) is 8.14. The Morgan fingerprint density at radius 2 is 1.94 bits per heavy atom. The Kier molecular flexibility index (Phi) is 8.20. The molecular weight excluding hydrogens is 454 g/mol. The van der Waals surface area contributed by atoms with Crippen molar-refractivity contribution >= 4 is 22.8 Å². The van der Waals surface area contributed by atoms with E-state index in [1.165, 1.54) is 10.9 Å². The number of aromatic nitrogens is 1. The lowest BCUT2D eigenvalue weighted by molar-refractivity contribution is -0.129. The molecule has 0 aliphatic carbocycles. The molecule has 1 fully saturated rings. The quantitative estimate of drug-likeness (QED) is 0.339. The fourth-order valence-electron chi connectivity index (χ4n) is 4.71. The van der Waals surface area contributed by atoms with Gasteiger partial charge in [-0.15, -0.1) is 0 Å². The Labute approximate surface area is 213 Å². The highest BCUT2D eigenvalue weighted by Crippen LogP contribution is 2.20. The van der Waals surface area contributed by atoms with Gasteiger partial charge in [-0.3, -0.25) is 21.0 Å². The second kappa shape index (κ2) is 11.5. The second-order valence-electron chi connectivity index (χ2n) is 10.4. The van der Waals surface area contributed by atoms with Crippen LogP contribution in [0.3, 0.4) is 0 Å². The van der Waals surface area contributed by atoms with E-state index in [-0.39, 0.29) is 18.0 Å². The molecule has 2 aromatic rings. The van der Waals surface area contributed by atoms with Gasteiger partial charge in [0.05, 0.1) is 0 Å². The number of hydrazine groups is 1. The molecule has 1 atom stereocenters. The minimum absolute atomic E-state index is 0.0295. The van der Waals surface area contributed by atoms with Crippen LogP contribution in [-0.2, 0) is 11.2 Å². The summed E-state index contributed by atoms with van der Waals surface area (Å²) in [6.45, 7) is 11.2. The number of amides is 3. The summed E-state index contributed by atoms with van der Waals surface area (Å²) in [4.78, 5) is 31.1. The summed E-state index contributed by atoms with van der Waals surface area (Å²) in [5.41, 5.74) is 9.73. The number of carbonyl (C=O) groups excluding carboxylic acids is 2. The molecule has 9 heteroatoms. The third-order valence-electron chi connectivity index (χ3n) is 6.71. The highest BCUT2D eigenvalue weighted by molar-refractivity contribution is 5.94. The first kappa shape index (κ1) is 25.6. The maximum atomic E-state index is 13.2. The van der Waals surface area contributed by atoms with Crippen molar-refractivity contribution in [2.75, 3.05) is 26.2 Å². The number of nitrogens with one attached hydrogen (secondary N) is 6. The van der Waals surface area contributed by atoms with Crippen LogP contribution >= 0.6 is 0 Å². The summed E-state index contributed by atoms with van der Waals surface area (Å²) < 4.78 is 0. The monoisotopic (exact) mass is 493 g/mol. The Balaban J connectivity index is 1.38. The number of fused-ring (bicyclic) bond motifs is 1. The zero-order valence-corrected chi connectivity index (χ0v) is 21.7. The molecule has 2 aliphatic rings. The minimum Gasteiger partial charge on any atom is -0.361 e. The average Bonchev–Trinajstić information content (AvgIpc) is 3.27. The van der Waals surface area contributed by atoms with E-state index in [9.17, 15) is 9.59 Å². The second-order valence-corrected chi connectivity index (χ2v) is 10.4. The van der Waals surface area contributed by atoms with Crippen LogP contribution in [0.15, 0.2) is 53.6 Å². The fraction of sp³-hybridized carbons (Fsp3) is 0.481. The maximum Gasteiger partial charge on any atom is 0.320 e. The van der Waals surface area contributed by atoms with Crippen molar-refractivity contribution in [2.45, 2.75) is 46.6 Å². The Morgan fingerprint density at radius 1 is 1.14 bits per heavy atom. The van der Waals surface area contributed by atoms with Crippen LogP contribution in [0.1, 0.15) is 39.7 Å². The molecule has 0 saturated carbocycles. The number of aromatic amines is 1. The largest absolute Gasteiger partial charge is 0.361 e. The number of nitrogens with zero attached hydrogens (tertiary/aromatic N) is 1. The van der Waals surface area contributed by atoms with Gasteiger partial charge in [0.25, 0.3) is 5.91 Å². The zero-order valence-electron chi connectivity index (χ0n) is 21.7. The number of para-hydroxylation sites is 1. The van der Waals surface area contributed by atoms with Crippen molar-refractivity contribution in [2.24, 2.45) is 11.8 Å². The molecule has 1 aromatic heterocycles. The number of rotatable bonds is 8. The summed E-state index contributed by atoms with van der Waals surface area (Å²) in [6.07, 6.45) is 5.31. The van der Waals surface area contributed by atoms with Crippen molar-refractivity contribution in [1.82, 2.24) is 36.7 Å². The van der Waals surface area contributed by atoms with Crippen molar-refractivity contribution in [3.8, 4) is 0 Å². The summed E-state index contributed by atoms with van der Waals surface area (Å²) in [5, 5.41) is 10.5. The molecule has 3 amide bonds. The van der Waals surface area contributed by atoms with Crippen LogP contribution in [-0.4, -0.2) is 54.0 Å². The number of hydrogen-bond donors (Lipinski definition) is 6. The van der Waals surface area contributed by atoms with Gasteiger partial charge in [-0.25, -0.2) is 4.79 Å². The number of allylic oxidation sites excluding steroid dienone is 2.